The summed E-state index contributed by atoms with van der Waals surface area (Å²) in [6, 6.07) is 1.71. The highest BCUT2D eigenvalue weighted by Gasteiger charge is 2.39. The molecule has 2 rings (SSSR count). The Balaban J connectivity index is 2.62. The number of alkyl halides is 3. The number of halogens is 5. The lowest BCUT2D eigenvalue weighted by Gasteiger charge is -2.25. The molecule has 1 aromatic carbocycles. The van der Waals surface area contributed by atoms with Crippen molar-refractivity contribution in [1.29, 1.82) is 0 Å². The van der Waals surface area contributed by atoms with Crippen LogP contribution in [-0.2, 0) is 6.18 Å². The van der Waals surface area contributed by atoms with Crippen LogP contribution in [0, 0.1) is 17.0 Å². The summed E-state index contributed by atoms with van der Waals surface area (Å²) in [5.74, 6) is -3.36. The second kappa shape index (κ2) is 5.48. The number of aliphatic imine (C=N–C) groups is 1. The first-order valence-electron chi connectivity index (χ1n) is 6.83. The molecule has 0 amide bonds. The maximum Gasteiger partial charge on any atom is 0.419 e. The molecule has 1 heterocycles. The summed E-state index contributed by atoms with van der Waals surface area (Å²) in [5, 5.41) is 0. The van der Waals surface area contributed by atoms with E-state index in [-0.39, 0.29) is 17.4 Å². The summed E-state index contributed by atoms with van der Waals surface area (Å²) >= 11 is 0. The molecule has 0 aliphatic carbocycles. The SMILES string of the molecule is CC(C)(C)C1=NCCC(c2ccc(F)c(F)c2C(F)(F)F)=C1. The fourth-order valence-electron chi connectivity index (χ4n) is 2.34. The maximum atomic E-state index is 13.7. The average molecular weight is 317 g/mol. The minimum atomic E-state index is -4.96. The molecule has 6 heteroatoms. The molecular weight excluding hydrogens is 301 g/mol. The van der Waals surface area contributed by atoms with Crippen LogP contribution in [0.25, 0.3) is 5.57 Å². The first-order valence-corrected chi connectivity index (χ1v) is 6.83. The van der Waals surface area contributed by atoms with Crippen molar-refractivity contribution < 1.29 is 22.0 Å². The molecule has 0 fully saturated rings. The summed E-state index contributed by atoms with van der Waals surface area (Å²) < 4.78 is 66.2. The number of dihydropyridines is 1. The van der Waals surface area contributed by atoms with Crippen LogP contribution >= 0.6 is 0 Å². The van der Waals surface area contributed by atoms with Crippen molar-refractivity contribution in [3.05, 3.63) is 41.0 Å². The molecule has 0 radical (unpaired) electrons. The van der Waals surface area contributed by atoms with Gasteiger partial charge in [-0.3, -0.25) is 4.99 Å². The van der Waals surface area contributed by atoms with E-state index in [1.165, 1.54) is 0 Å². The molecule has 0 spiro atoms. The summed E-state index contributed by atoms with van der Waals surface area (Å²) in [7, 11) is 0. The molecule has 1 nitrogen and oxygen atoms in total. The van der Waals surface area contributed by atoms with Crippen molar-refractivity contribution in [2.75, 3.05) is 6.54 Å². The Morgan fingerprint density at radius 2 is 1.68 bits per heavy atom. The summed E-state index contributed by atoms with van der Waals surface area (Å²) in [6.45, 7) is 6.00. The maximum absolute atomic E-state index is 13.7. The topological polar surface area (TPSA) is 12.4 Å². The Bertz CT molecular complexity index is 648. The van der Waals surface area contributed by atoms with E-state index >= 15 is 0 Å². The van der Waals surface area contributed by atoms with Gasteiger partial charge in [0.05, 0.1) is 0 Å². The van der Waals surface area contributed by atoms with E-state index < -0.39 is 23.4 Å². The minimum absolute atomic E-state index is 0.258. The summed E-state index contributed by atoms with van der Waals surface area (Å²) in [5.41, 5.74) is -1.22. The zero-order valence-electron chi connectivity index (χ0n) is 12.5. The van der Waals surface area contributed by atoms with Gasteiger partial charge in [-0.2, -0.15) is 13.2 Å². The van der Waals surface area contributed by atoms with E-state index in [2.05, 4.69) is 4.99 Å². The first-order chi connectivity index (χ1) is 10.0. The van der Waals surface area contributed by atoms with Gasteiger partial charge in [0.2, 0.25) is 0 Å². The van der Waals surface area contributed by atoms with E-state index in [0.717, 1.165) is 12.1 Å². The zero-order chi connectivity index (χ0) is 16.7. The van der Waals surface area contributed by atoms with Crippen LogP contribution in [0.2, 0.25) is 0 Å². The lowest BCUT2D eigenvalue weighted by Crippen LogP contribution is -2.22. The van der Waals surface area contributed by atoms with Crippen LogP contribution in [0.1, 0.15) is 38.3 Å². The van der Waals surface area contributed by atoms with Crippen molar-refractivity contribution in [3.8, 4) is 0 Å². The second-order valence-corrected chi connectivity index (χ2v) is 6.22. The molecule has 1 aliphatic heterocycles. The van der Waals surface area contributed by atoms with E-state index in [4.69, 9.17) is 0 Å². The third-order valence-electron chi connectivity index (χ3n) is 3.47. The van der Waals surface area contributed by atoms with Crippen LogP contribution in [-0.4, -0.2) is 12.3 Å². The van der Waals surface area contributed by atoms with Crippen molar-refractivity contribution in [1.82, 2.24) is 0 Å². The van der Waals surface area contributed by atoms with Gasteiger partial charge in [0.25, 0.3) is 0 Å². The van der Waals surface area contributed by atoms with Crippen LogP contribution in [0.3, 0.4) is 0 Å². The molecule has 0 bridgehead atoms. The third-order valence-corrected chi connectivity index (χ3v) is 3.47. The highest BCUT2D eigenvalue weighted by molar-refractivity contribution is 6.05. The van der Waals surface area contributed by atoms with Gasteiger partial charge >= 0.3 is 6.18 Å². The van der Waals surface area contributed by atoms with Gasteiger partial charge in [0, 0.05) is 17.7 Å². The van der Waals surface area contributed by atoms with Gasteiger partial charge in [-0.1, -0.05) is 26.8 Å². The van der Waals surface area contributed by atoms with Crippen molar-refractivity contribution in [3.63, 3.8) is 0 Å². The van der Waals surface area contributed by atoms with Gasteiger partial charge in [0.15, 0.2) is 11.6 Å². The quantitative estimate of drug-likeness (QED) is 0.627. The monoisotopic (exact) mass is 317 g/mol. The van der Waals surface area contributed by atoms with E-state index in [0.29, 0.717) is 17.8 Å². The summed E-state index contributed by atoms with van der Waals surface area (Å²) in [6.07, 6.45) is -3.15. The number of allylic oxidation sites excluding steroid dienone is 1. The van der Waals surface area contributed by atoms with E-state index in [1.54, 1.807) is 6.08 Å². The third kappa shape index (κ3) is 3.20. The molecule has 0 N–H and O–H groups in total. The van der Waals surface area contributed by atoms with Crippen molar-refractivity contribution in [2.45, 2.75) is 33.4 Å². The summed E-state index contributed by atoms with van der Waals surface area (Å²) in [4.78, 5) is 4.30. The van der Waals surface area contributed by atoms with Crippen LogP contribution in [0.5, 0.6) is 0 Å². The fourth-order valence-corrected chi connectivity index (χ4v) is 2.34. The number of hydrogen-bond acceptors (Lipinski definition) is 1. The molecule has 0 unspecified atom stereocenters. The number of benzene rings is 1. The molecule has 0 aromatic heterocycles. The normalized spacial score (nSPS) is 16.4. The average Bonchev–Trinajstić information content (AvgIpc) is 2.39. The molecular formula is C16H16F5N. The molecule has 0 saturated carbocycles. The van der Waals surface area contributed by atoms with Gasteiger partial charge in [-0.15, -0.1) is 0 Å². The number of hydrogen-bond donors (Lipinski definition) is 0. The Kier molecular flexibility index (Phi) is 4.15. The molecule has 22 heavy (non-hydrogen) atoms. The predicted molar refractivity (Wildman–Crippen MR) is 75.7 cm³/mol. The van der Waals surface area contributed by atoms with Crippen LogP contribution in [0.15, 0.2) is 23.2 Å². The molecule has 0 atom stereocenters. The van der Waals surface area contributed by atoms with Gasteiger partial charge in [-0.25, -0.2) is 8.78 Å². The van der Waals surface area contributed by atoms with Crippen molar-refractivity contribution >= 4 is 11.3 Å². The fraction of sp³-hybridized carbons (Fsp3) is 0.438. The Morgan fingerprint density at radius 1 is 1.05 bits per heavy atom. The zero-order valence-corrected chi connectivity index (χ0v) is 12.5. The molecule has 1 aliphatic rings. The van der Waals surface area contributed by atoms with Gasteiger partial charge in [0.1, 0.15) is 5.56 Å². The minimum Gasteiger partial charge on any atom is -0.289 e. The van der Waals surface area contributed by atoms with Gasteiger partial charge < -0.3 is 0 Å². The van der Waals surface area contributed by atoms with E-state index in [1.807, 2.05) is 20.8 Å². The Hall–Kier alpha value is -1.72. The Labute approximate surface area is 125 Å². The lowest BCUT2D eigenvalue weighted by molar-refractivity contribution is -0.140. The van der Waals surface area contributed by atoms with Crippen molar-refractivity contribution in [2.24, 2.45) is 10.4 Å². The molecule has 120 valence electrons. The highest BCUT2D eigenvalue weighted by atomic mass is 19.4. The lowest BCUT2D eigenvalue weighted by atomic mass is 9.85. The molecule has 0 saturated heterocycles. The smallest absolute Gasteiger partial charge is 0.289 e. The first kappa shape index (κ1) is 16.6. The van der Waals surface area contributed by atoms with Gasteiger partial charge in [-0.05, 0) is 29.7 Å². The second-order valence-electron chi connectivity index (χ2n) is 6.22. The van der Waals surface area contributed by atoms with Crippen LogP contribution in [0.4, 0.5) is 22.0 Å². The standard InChI is InChI=1S/C16H16F5N/c1-15(2,3)12-8-9(6-7-22-12)10-4-5-11(17)14(18)13(10)16(19,20)21/h4-5,8H,6-7H2,1-3H3. The van der Waals surface area contributed by atoms with Crippen LogP contribution < -0.4 is 0 Å². The predicted octanol–water partition coefficient (Wildman–Crippen LogP) is 5.26. The van der Waals surface area contributed by atoms with E-state index in [9.17, 15) is 22.0 Å². The Morgan fingerprint density at radius 3 is 2.23 bits per heavy atom. The highest BCUT2D eigenvalue weighted by Crippen LogP contribution is 2.39. The number of rotatable bonds is 1. The number of nitrogens with zero attached hydrogens (tertiary/aromatic N) is 1. The largest absolute Gasteiger partial charge is 0.419 e. The molecule has 1 aromatic rings.